The molecule has 6 heteroatoms. The lowest BCUT2D eigenvalue weighted by molar-refractivity contribution is 0.683. The van der Waals surface area contributed by atoms with E-state index in [1.54, 1.807) is 17.7 Å². The van der Waals surface area contributed by atoms with E-state index in [4.69, 9.17) is 18.0 Å². The molecule has 0 radical (unpaired) electrons. The van der Waals surface area contributed by atoms with Crippen LogP contribution in [-0.2, 0) is 0 Å². The summed E-state index contributed by atoms with van der Waals surface area (Å²) in [5, 5.41) is 2.12. The van der Waals surface area contributed by atoms with Crippen LogP contribution >= 0.6 is 23.6 Å². The van der Waals surface area contributed by atoms with Crippen LogP contribution in [0.1, 0.15) is 25.8 Å². The summed E-state index contributed by atoms with van der Waals surface area (Å²) < 4.78 is 1.14. The average molecular weight is 294 g/mol. The molecule has 0 aliphatic carbocycles. The molecule has 19 heavy (non-hydrogen) atoms. The number of anilines is 1. The van der Waals surface area contributed by atoms with Crippen molar-refractivity contribution in [2.75, 3.05) is 11.4 Å². The third-order valence-corrected chi connectivity index (χ3v) is 4.29. The first kappa shape index (κ1) is 14.1. The SMILES string of the molecule is Cc1csc2c(N(CCC(N)=S)C(C)C)ncnc12. The fourth-order valence-electron chi connectivity index (χ4n) is 2.00. The molecule has 0 bridgehead atoms. The van der Waals surface area contributed by atoms with Crippen molar-refractivity contribution in [2.24, 2.45) is 5.73 Å². The Balaban J connectivity index is 2.41. The van der Waals surface area contributed by atoms with Gasteiger partial charge in [-0.3, -0.25) is 0 Å². The molecule has 2 aromatic rings. The maximum absolute atomic E-state index is 5.61. The summed E-state index contributed by atoms with van der Waals surface area (Å²) in [5.74, 6) is 0.981. The summed E-state index contributed by atoms with van der Waals surface area (Å²) in [6, 6.07) is 0.342. The first-order valence-corrected chi connectivity index (χ1v) is 7.53. The highest BCUT2D eigenvalue weighted by Gasteiger charge is 2.17. The van der Waals surface area contributed by atoms with Crippen molar-refractivity contribution in [3.63, 3.8) is 0 Å². The molecule has 2 aromatic heterocycles. The Kier molecular flexibility index (Phi) is 4.31. The van der Waals surface area contributed by atoms with Crippen LogP contribution in [0.3, 0.4) is 0 Å². The zero-order valence-electron chi connectivity index (χ0n) is 11.4. The number of hydrogen-bond acceptors (Lipinski definition) is 5. The first-order chi connectivity index (χ1) is 9.00. The highest BCUT2D eigenvalue weighted by molar-refractivity contribution is 7.80. The smallest absolute Gasteiger partial charge is 0.150 e. The van der Waals surface area contributed by atoms with E-state index in [1.807, 2.05) is 0 Å². The summed E-state index contributed by atoms with van der Waals surface area (Å²) in [4.78, 5) is 11.6. The molecule has 2 heterocycles. The van der Waals surface area contributed by atoms with Crippen molar-refractivity contribution in [1.29, 1.82) is 0 Å². The molecular formula is C13H18N4S2. The predicted molar refractivity (Wildman–Crippen MR) is 86.0 cm³/mol. The maximum atomic E-state index is 5.61. The molecule has 0 saturated carbocycles. The lowest BCUT2D eigenvalue weighted by Crippen LogP contribution is -2.34. The second-order valence-electron chi connectivity index (χ2n) is 4.80. The van der Waals surface area contributed by atoms with Crippen molar-refractivity contribution < 1.29 is 0 Å². The molecule has 0 aliphatic heterocycles. The van der Waals surface area contributed by atoms with Gasteiger partial charge in [0, 0.05) is 19.0 Å². The molecule has 0 amide bonds. The molecular weight excluding hydrogens is 276 g/mol. The predicted octanol–water partition coefficient (Wildman–Crippen LogP) is 2.89. The Morgan fingerprint density at radius 1 is 1.47 bits per heavy atom. The number of rotatable bonds is 5. The Morgan fingerprint density at radius 3 is 2.84 bits per heavy atom. The first-order valence-electron chi connectivity index (χ1n) is 6.24. The van der Waals surface area contributed by atoms with E-state index in [0.29, 0.717) is 17.5 Å². The van der Waals surface area contributed by atoms with Crippen LogP contribution in [-0.4, -0.2) is 27.5 Å². The number of thiophene rings is 1. The van der Waals surface area contributed by atoms with Crippen LogP contribution in [0.25, 0.3) is 10.2 Å². The van der Waals surface area contributed by atoms with Crippen molar-refractivity contribution in [1.82, 2.24) is 9.97 Å². The Hall–Kier alpha value is -1.27. The zero-order valence-corrected chi connectivity index (χ0v) is 13.0. The second kappa shape index (κ2) is 5.79. The van der Waals surface area contributed by atoms with Gasteiger partial charge in [-0.25, -0.2) is 9.97 Å². The molecule has 2 N–H and O–H groups in total. The molecule has 2 rings (SSSR count). The van der Waals surface area contributed by atoms with Gasteiger partial charge in [-0.1, -0.05) is 12.2 Å². The highest BCUT2D eigenvalue weighted by atomic mass is 32.1. The largest absolute Gasteiger partial charge is 0.393 e. The van der Waals surface area contributed by atoms with E-state index >= 15 is 0 Å². The van der Waals surface area contributed by atoms with Gasteiger partial charge in [0.05, 0.1) is 15.2 Å². The normalized spacial score (nSPS) is 11.2. The highest BCUT2D eigenvalue weighted by Crippen LogP contribution is 2.31. The third kappa shape index (κ3) is 3.01. The van der Waals surface area contributed by atoms with E-state index < -0.39 is 0 Å². The Morgan fingerprint density at radius 2 is 2.21 bits per heavy atom. The van der Waals surface area contributed by atoms with Crippen molar-refractivity contribution >= 4 is 44.6 Å². The van der Waals surface area contributed by atoms with Crippen LogP contribution in [0, 0.1) is 6.92 Å². The minimum absolute atomic E-state index is 0.342. The molecule has 0 aromatic carbocycles. The number of nitrogens with zero attached hydrogens (tertiary/aromatic N) is 3. The van der Waals surface area contributed by atoms with Crippen LogP contribution in [0.5, 0.6) is 0 Å². The van der Waals surface area contributed by atoms with Gasteiger partial charge in [-0.05, 0) is 31.7 Å². The van der Waals surface area contributed by atoms with Gasteiger partial charge in [-0.2, -0.15) is 0 Å². The molecule has 0 saturated heterocycles. The van der Waals surface area contributed by atoms with Gasteiger partial charge >= 0.3 is 0 Å². The van der Waals surface area contributed by atoms with Gasteiger partial charge < -0.3 is 10.6 Å². The Labute approximate surface area is 122 Å². The van der Waals surface area contributed by atoms with Gasteiger partial charge in [0.25, 0.3) is 0 Å². The molecule has 4 nitrogen and oxygen atoms in total. The number of fused-ring (bicyclic) bond motifs is 1. The molecule has 102 valence electrons. The molecule has 0 spiro atoms. The minimum atomic E-state index is 0.342. The molecule has 0 unspecified atom stereocenters. The fraction of sp³-hybridized carbons (Fsp3) is 0.462. The summed E-state index contributed by atoms with van der Waals surface area (Å²) in [7, 11) is 0. The lowest BCUT2D eigenvalue weighted by atomic mass is 10.2. The molecule has 0 fully saturated rings. The maximum Gasteiger partial charge on any atom is 0.150 e. The van der Waals surface area contributed by atoms with E-state index in [-0.39, 0.29) is 0 Å². The fourth-order valence-corrected chi connectivity index (χ4v) is 3.10. The quantitative estimate of drug-likeness (QED) is 0.859. The van der Waals surface area contributed by atoms with Gasteiger partial charge in [0.2, 0.25) is 0 Å². The summed E-state index contributed by atoms with van der Waals surface area (Å²) in [5.41, 5.74) is 7.84. The monoisotopic (exact) mass is 294 g/mol. The van der Waals surface area contributed by atoms with Gasteiger partial charge in [-0.15, -0.1) is 11.3 Å². The van der Waals surface area contributed by atoms with E-state index in [9.17, 15) is 0 Å². The van der Waals surface area contributed by atoms with E-state index in [2.05, 4.69) is 41.0 Å². The molecule has 0 aliphatic rings. The van der Waals surface area contributed by atoms with Crippen LogP contribution in [0.15, 0.2) is 11.7 Å². The van der Waals surface area contributed by atoms with E-state index in [1.165, 1.54) is 5.56 Å². The van der Waals surface area contributed by atoms with Crippen molar-refractivity contribution in [3.05, 3.63) is 17.3 Å². The van der Waals surface area contributed by atoms with Crippen LogP contribution < -0.4 is 10.6 Å². The minimum Gasteiger partial charge on any atom is -0.393 e. The van der Waals surface area contributed by atoms with Crippen LogP contribution in [0.2, 0.25) is 0 Å². The molecule has 0 atom stereocenters. The summed E-state index contributed by atoms with van der Waals surface area (Å²) in [6.07, 6.45) is 2.33. The van der Waals surface area contributed by atoms with E-state index in [0.717, 1.165) is 22.6 Å². The zero-order chi connectivity index (χ0) is 14.0. The van der Waals surface area contributed by atoms with Crippen molar-refractivity contribution in [3.8, 4) is 0 Å². The number of aromatic nitrogens is 2. The van der Waals surface area contributed by atoms with Crippen molar-refractivity contribution in [2.45, 2.75) is 33.2 Å². The Bertz CT molecular complexity index is 591. The number of aryl methyl sites for hydroxylation is 1. The average Bonchev–Trinajstić information content (AvgIpc) is 2.72. The standard InChI is InChI=1S/C13H18N4S2/c1-8(2)17(5-4-10(14)18)13-12-11(15-7-16-13)9(3)6-19-12/h6-8H,4-5H2,1-3H3,(H2,14,18). The summed E-state index contributed by atoms with van der Waals surface area (Å²) in [6.45, 7) is 7.16. The number of thiocarbonyl (C=S) groups is 1. The number of nitrogens with two attached hydrogens (primary N) is 1. The third-order valence-electron chi connectivity index (χ3n) is 3.01. The van der Waals surface area contributed by atoms with Crippen LogP contribution in [0.4, 0.5) is 5.82 Å². The van der Waals surface area contributed by atoms with Gasteiger partial charge in [0.15, 0.2) is 0 Å². The van der Waals surface area contributed by atoms with Gasteiger partial charge in [0.1, 0.15) is 12.1 Å². The number of hydrogen-bond donors (Lipinski definition) is 1. The topological polar surface area (TPSA) is 55.0 Å². The lowest BCUT2D eigenvalue weighted by Gasteiger charge is -2.28. The summed E-state index contributed by atoms with van der Waals surface area (Å²) >= 11 is 6.66. The second-order valence-corrected chi connectivity index (χ2v) is 6.20.